The summed E-state index contributed by atoms with van der Waals surface area (Å²) in [4.78, 5) is 11.2. The Labute approximate surface area is 84.2 Å². The molecular formula is C9H9O4S-. The van der Waals surface area contributed by atoms with Gasteiger partial charge >= 0.3 is 5.97 Å². The summed E-state index contributed by atoms with van der Waals surface area (Å²) in [5.74, 6) is -0.645. The van der Waals surface area contributed by atoms with E-state index in [2.05, 4.69) is 4.74 Å². The van der Waals surface area contributed by atoms with E-state index < -0.39 is 17.0 Å². The molecule has 0 fully saturated rings. The fraction of sp³-hybridized carbons (Fsp3) is 0.222. The third kappa shape index (κ3) is 2.00. The molecule has 0 radical (unpaired) electrons. The summed E-state index contributed by atoms with van der Waals surface area (Å²) in [6.07, 6.45) is 0. The molecule has 0 amide bonds. The molecule has 0 N–H and O–H groups in total. The van der Waals surface area contributed by atoms with E-state index in [0.717, 1.165) is 0 Å². The van der Waals surface area contributed by atoms with Gasteiger partial charge in [-0.3, -0.25) is 4.21 Å². The fourth-order valence-electron chi connectivity index (χ4n) is 1.14. The summed E-state index contributed by atoms with van der Waals surface area (Å²) in [5.41, 5.74) is 0.599. The monoisotopic (exact) mass is 213 g/mol. The van der Waals surface area contributed by atoms with Crippen LogP contribution in [-0.4, -0.2) is 21.8 Å². The van der Waals surface area contributed by atoms with Gasteiger partial charge in [0.25, 0.3) is 0 Å². The average molecular weight is 213 g/mol. The standard InChI is InChI=1S/C9H10O4S/c1-6-4-3-5-7(9(10)13-2)8(6)14(11)12/h3-5H,1-2H3,(H,11,12)/p-1. The molecule has 0 aliphatic rings. The van der Waals surface area contributed by atoms with Crippen LogP contribution < -0.4 is 0 Å². The van der Waals surface area contributed by atoms with Gasteiger partial charge in [-0.25, -0.2) is 4.79 Å². The number of methoxy groups -OCH3 is 1. The summed E-state index contributed by atoms with van der Waals surface area (Å²) in [7, 11) is 1.21. The van der Waals surface area contributed by atoms with Crippen LogP contribution in [0.4, 0.5) is 0 Å². The molecule has 1 unspecified atom stereocenters. The minimum atomic E-state index is -2.43. The van der Waals surface area contributed by atoms with E-state index in [1.165, 1.54) is 13.2 Å². The highest BCUT2D eigenvalue weighted by molar-refractivity contribution is 7.79. The molecule has 1 rings (SSSR count). The number of carbonyl (C=O) groups excluding carboxylic acids is 1. The second-order valence-corrected chi connectivity index (χ2v) is 3.56. The zero-order valence-corrected chi connectivity index (χ0v) is 8.59. The van der Waals surface area contributed by atoms with Crippen LogP contribution in [0.1, 0.15) is 15.9 Å². The summed E-state index contributed by atoms with van der Waals surface area (Å²) in [5, 5.41) is 0. The first-order valence-corrected chi connectivity index (χ1v) is 4.92. The zero-order valence-electron chi connectivity index (χ0n) is 7.77. The van der Waals surface area contributed by atoms with Crippen LogP contribution >= 0.6 is 0 Å². The molecular weight excluding hydrogens is 204 g/mol. The van der Waals surface area contributed by atoms with Crippen molar-refractivity contribution in [2.45, 2.75) is 11.8 Å². The lowest BCUT2D eigenvalue weighted by molar-refractivity contribution is 0.0596. The number of carbonyl (C=O) groups is 1. The Morgan fingerprint density at radius 1 is 1.50 bits per heavy atom. The number of benzene rings is 1. The van der Waals surface area contributed by atoms with Gasteiger partial charge in [0, 0.05) is 4.90 Å². The van der Waals surface area contributed by atoms with Gasteiger partial charge in [0.1, 0.15) is 0 Å². The lowest BCUT2D eigenvalue weighted by Gasteiger charge is -2.12. The summed E-state index contributed by atoms with van der Waals surface area (Å²) in [6.45, 7) is 1.62. The molecule has 0 aliphatic heterocycles. The van der Waals surface area contributed by atoms with Gasteiger partial charge < -0.3 is 9.29 Å². The molecule has 1 aromatic carbocycles. The maximum atomic E-state index is 11.2. The summed E-state index contributed by atoms with van der Waals surface area (Å²) < 4.78 is 26.2. The maximum absolute atomic E-state index is 11.2. The van der Waals surface area contributed by atoms with Gasteiger partial charge in [0.15, 0.2) is 0 Å². The van der Waals surface area contributed by atoms with Gasteiger partial charge in [-0.2, -0.15) is 0 Å². The van der Waals surface area contributed by atoms with Crippen LogP contribution in [0.15, 0.2) is 23.1 Å². The molecule has 1 atom stereocenters. The third-order valence-corrected chi connectivity index (χ3v) is 2.66. The highest BCUT2D eigenvalue weighted by Crippen LogP contribution is 2.18. The minimum absolute atomic E-state index is 0.000602. The van der Waals surface area contributed by atoms with Crippen LogP contribution in [-0.2, 0) is 15.8 Å². The molecule has 0 bridgehead atoms. The Balaban J connectivity index is 3.35. The third-order valence-electron chi connectivity index (χ3n) is 1.78. The van der Waals surface area contributed by atoms with Gasteiger partial charge in [0.05, 0.1) is 12.7 Å². The summed E-state index contributed by atoms with van der Waals surface area (Å²) >= 11 is -2.43. The normalized spacial score (nSPS) is 12.2. The highest BCUT2D eigenvalue weighted by atomic mass is 32.2. The lowest BCUT2D eigenvalue weighted by atomic mass is 10.1. The molecule has 0 heterocycles. The Bertz CT molecular complexity index is 386. The Morgan fingerprint density at radius 2 is 2.14 bits per heavy atom. The number of esters is 1. The predicted octanol–water partition coefficient (Wildman–Crippen LogP) is 1.02. The fourth-order valence-corrected chi connectivity index (χ4v) is 1.81. The van der Waals surface area contributed by atoms with E-state index in [1.807, 2.05) is 0 Å². The smallest absolute Gasteiger partial charge is 0.339 e. The van der Waals surface area contributed by atoms with Gasteiger partial charge in [-0.05, 0) is 29.6 Å². The first kappa shape index (κ1) is 10.9. The molecule has 1 aromatic rings. The SMILES string of the molecule is COC(=O)c1cccc(C)c1S(=O)[O-]. The average Bonchev–Trinajstić information content (AvgIpc) is 2.15. The molecule has 0 aliphatic carbocycles. The van der Waals surface area contributed by atoms with Crippen LogP contribution in [0.25, 0.3) is 0 Å². The van der Waals surface area contributed by atoms with Gasteiger partial charge in [0.2, 0.25) is 0 Å². The van der Waals surface area contributed by atoms with Crippen LogP contribution in [0.2, 0.25) is 0 Å². The van der Waals surface area contributed by atoms with E-state index in [1.54, 1.807) is 19.1 Å². The Morgan fingerprint density at radius 3 is 2.64 bits per heavy atom. The number of hydrogen-bond acceptors (Lipinski definition) is 4. The Hall–Kier alpha value is -1.20. The molecule has 0 saturated heterocycles. The number of rotatable bonds is 2. The summed E-state index contributed by atoms with van der Waals surface area (Å²) in [6, 6.07) is 4.65. The largest absolute Gasteiger partial charge is 0.768 e. The molecule has 4 nitrogen and oxygen atoms in total. The van der Waals surface area contributed by atoms with Crippen LogP contribution in [0.5, 0.6) is 0 Å². The van der Waals surface area contributed by atoms with Crippen molar-refractivity contribution in [3.63, 3.8) is 0 Å². The second kappa shape index (κ2) is 4.34. The lowest BCUT2D eigenvalue weighted by Crippen LogP contribution is -2.08. The van der Waals surface area contributed by atoms with Crippen molar-refractivity contribution in [1.29, 1.82) is 0 Å². The molecule has 0 aromatic heterocycles. The van der Waals surface area contributed by atoms with Crippen LogP contribution in [0.3, 0.4) is 0 Å². The van der Waals surface area contributed by atoms with Crippen LogP contribution in [0, 0.1) is 6.92 Å². The van der Waals surface area contributed by atoms with E-state index in [9.17, 15) is 13.6 Å². The number of aryl methyl sites for hydroxylation is 1. The molecule has 0 spiro atoms. The molecule has 5 heteroatoms. The quantitative estimate of drug-likeness (QED) is 0.543. The Kier molecular flexibility index (Phi) is 3.38. The van der Waals surface area contributed by atoms with E-state index in [0.29, 0.717) is 5.56 Å². The first-order chi connectivity index (χ1) is 6.57. The van der Waals surface area contributed by atoms with E-state index in [-0.39, 0.29) is 10.5 Å². The maximum Gasteiger partial charge on any atom is 0.339 e. The number of ether oxygens (including phenoxy) is 1. The van der Waals surface area contributed by atoms with Crippen molar-refractivity contribution in [3.8, 4) is 0 Å². The number of hydrogen-bond donors (Lipinski definition) is 0. The molecule has 76 valence electrons. The van der Waals surface area contributed by atoms with Gasteiger partial charge in [-0.1, -0.05) is 12.1 Å². The van der Waals surface area contributed by atoms with Crippen molar-refractivity contribution >= 4 is 17.0 Å². The van der Waals surface area contributed by atoms with Crippen molar-refractivity contribution in [3.05, 3.63) is 29.3 Å². The minimum Gasteiger partial charge on any atom is -0.768 e. The predicted molar refractivity (Wildman–Crippen MR) is 49.7 cm³/mol. The topological polar surface area (TPSA) is 66.4 Å². The molecule has 14 heavy (non-hydrogen) atoms. The second-order valence-electron chi connectivity index (χ2n) is 2.68. The molecule has 0 saturated carbocycles. The van der Waals surface area contributed by atoms with Crippen molar-refractivity contribution in [2.24, 2.45) is 0 Å². The van der Waals surface area contributed by atoms with Crippen molar-refractivity contribution < 1.29 is 18.3 Å². The van der Waals surface area contributed by atoms with Crippen molar-refractivity contribution in [1.82, 2.24) is 0 Å². The van der Waals surface area contributed by atoms with E-state index in [4.69, 9.17) is 0 Å². The van der Waals surface area contributed by atoms with E-state index >= 15 is 0 Å². The van der Waals surface area contributed by atoms with Gasteiger partial charge in [-0.15, -0.1) is 0 Å². The first-order valence-electron chi connectivity index (χ1n) is 3.85. The highest BCUT2D eigenvalue weighted by Gasteiger charge is 2.13. The zero-order chi connectivity index (χ0) is 10.7. The van der Waals surface area contributed by atoms with Crippen molar-refractivity contribution in [2.75, 3.05) is 7.11 Å².